The van der Waals surface area contributed by atoms with Gasteiger partial charge in [0.2, 0.25) is 0 Å². The first-order chi connectivity index (χ1) is 15.3. The second kappa shape index (κ2) is 7.56. The van der Waals surface area contributed by atoms with Gasteiger partial charge in [0, 0.05) is 26.2 Å². The molecule has 0 amide bonds. The third-order valence-electron chi connectivity index (χ3n) is 5.95. The molecule has 3 aromatic rings. The maximum atomic E-state index is 15.9. The molecule has 3 heterocycles. The number of anilines is 1. The van der Waals surface area contributed by atoms with Gasteiger partial charge in [-0.1, -0.05) is 23.9 Å². The van der Waals surface area contributed by atoms with Crippen molar-refractivity contribution in [1.29, 1.82) is 0 Å². The predicted molar refractivity (Wildman–Crippen MR) is 113 cm³/mol. The van der Waals surface area contributed by atoms with E-state index < -0.39 is 39.8 Å². The minimum absolute atomic E-state index is 0.0339. The average molecular weight is 460 g/mol. The zero-order valence-corrected chi connectivity index (χ0v) is 17.7. The lowest BCUT2D eigenvalue weighted by atomic mass is 10.1. The molecule has 2 aliphatic rings. The molecule has 166 valence electrons. The number of pyridine rings is 1. The lowest BCUT2D eigenvalue weighted by molar-refractivity contribution is -0.255. The van der Waals surface area contributed by atoms with Crippen molar-refractivity contribution in [3.05, 3.63) is 69.1 Å². The Bertz CT molecular complexity index is 1320. The number of likely N-dealkylation sites (N-methyl/N-ethyl adjacent to an activating group) is 1. The monoisotopic (exact) mass is 460 g/mol. The van der Waals surface area contributed by atoms with E-state index in [2.05, 4.69) is 0 Å². The second-order valence-electron chi connectivity index (χ2n) is 7.90. The van der Waals surface area contributed by atoms with Crippen molar-refractivity contribution in [1.82, 2.24) is 9.47 Å². The fourth-order valence-corrected chi connectivity index (χ4v) is 5.52. The Morgan fingerprint density at radius 2 is 1.75 bits per heavy atom. The highest BCUT2D eigenvalue weighted by Gasteiger charge is 2.37. The van der Waals surface area contributed by atoms with E-state index in [0.717, 1.165) is 17.8 Å². The number of halogens is 3. The van der Waals surface area contributed by atoms with Gasteiger partial charge >= 0.3 is 0 Å². The lowest BCUT2D eigenvalue weighted by Gasteiger charge is -2.38. The Morgan fingerprint density at radius 1 is 1.09 bits per heavy atom. The molecule has 0 aliphatic carbocycles. The van der Waals surface area contributed by atoms with Crippen LogP contribution in [-0.4, -0.2) is 48.7 Å². The van der Waals surface area contributed by atoms with Crippen LogP contribution in [0, 0.1) is 17.5 Å². The van der Waals surface area contributed by atoms with Crippen LogP contribution in [0.25, 0.3) is 10.9 Å². The summed E-state index contributed by atoms with van der Waals surface area (Å²) in [6.45, 7) is 2.04. The SMILES string of the molecule is CN1CCN(c2c(F)cc3c(=O)c(C(=O)[O-])c4n(c3c2F)C(c2ccc(F)cc2)S4)CC1. The van der Waals surface area contributed by atoms with Crippen LogP contribution in [0.3, 0.4) is 0 Å². The first kappa shape index (κ1) is 20.9. The number of carboxylic acid groups (broad SMARTS) is 1. The number of rotatable bonds is 3. The molecule has 0 spiro atoms. The summed E-state index contributed by atoms with van der Waals surface area (Å²) in [4.78, 5) is 28.2. The largest absolute Gasteiger partial charge is 0.545 e. The molecule has 6 nitrogen and oxygen atoms in total. The standard InChI is InChI=1S/C22H18F3N3O3S/c1-26-6-8-27(9-7-26)18-14(24)10-13-17(16(18)25)28-20(11-2-4-12(23)5-3-11)32-21(28)15(19(13)29)22(30)31/h2-5,10,20H,6-9H2,1H3,(H,30,31)/p-1. The van der Waals surface area contributed by atoms with E-state index in [-0.39, 0.29) is 21.6 Å². The number of aromatic nitrogens is 1. The molecule has 2 aromatic carbocycles. The maximum absolute atomic E-state index is 15.9. The van der Waals surface area contributed by atoms with Crippen LogP contribution in [-0.2, 0) is 0 Å². The van der Waals surface area contributed by atoms with Crippen LogP contribution >= 0.6 is 11.8 Å². The molecule has 10 heteroatoms. The summed E-state index contributed by atoms with van der Waals surface area (Å²) in [5, 5.41) is 10.7. The van der Waals surface area contributed by atoms with Gasteiger partial charge in [0.1, 0.15) is 22.7 Å². The van der Waals surface area contributed by atoms with Crippen molar-refractivity contribution in [2.75, 3.05) is 38.1 Å². The van der Waals surface area contributed by atoms with Gasteiger partial charge in [0.15, 0.2) is 11.2 Å². The molecule has 1 saturated heterocycles. The Morgan fingerprint density at radius 3 is 2.38 bits per heavy atom. The Kier molecular flexibility index (Phi) is 4.94. The Balaban J connectivity index is 1.77. The van der Waals surface area contributed by atoms with E-state index in [0.29, 0.717) is 31.7 Å². The predicted octanol–water partition coefficient (Wildman–Crippen LogP) is 2.19. The number of hydrogen-bond donors (Lipinski definition) is 0. The zero-order chi connectivity index (χ0) is 22.7. The van der Waals surface area contributed by atoms with E-state index in [1.165, 1.54) is 28.8 Å². The van der Waals surface area contributed by atoms with Crippen LogP contribution < -0.4 is 15.4 Å². The molecule has 2 aliphatic heterocycles. The van der Waals surface area contributed by atoms with Gasteiger partial charge in [-0.15, -0.1) is 0 Å². The van der Waals surface area contributed by atoms with Crippen molar-refractivity contribution in [2.24, 2.45) is 0 Å². The van der Waals surface area contributed by atoms with E-state index >= 15 is 8.78 Å². The molecule has 1 unspecified atom stereocenters. The van der Waals surface area contributed by atoms with E-state index in [1.54, 1.807) is 4.90 Å². The Hall–Kier alpha value is -2.98. The summed E-state index contributed by atoms with van der Waals surface area (Å²) in [7, 11) is 1.92. The summed E-state index contributed by atoms with van der Waals surface area (Å²) < 4.78 is 45.7. The number of benzene rings is 2. The highest BCUT2D eigenvalue weighted by Crippen LogP contribution is 2.51. The van der Waals surface area contributed by atoms with Crippen LogP contribution in [0.1, 0.15) is 21.3 Å². The first-order valence-corrected chi connectivity index (χ1v) is 10.8. The summed E-state index contributed by atoms with van der Waals surface area (Å²) in [5.74, 6) is -4.01. The van der Waals surface area contributed by atoms with Gasteiger partial charge in [0.25, 0.3) is 0 Å². The van der Waals surface area contributed by atoms with E-state index in [4.69, 9.17) is 0 Å². The third-order valence-corrected chi connectivity index (χ3v) is 7.28. The van der Waals surface area contributed by atoms with E-state index in [1.807, 2.05) is 11.9 Å². The zero-order valence-electron chi connectivity index (χ0n) is 16.9. The second-order valence-corrected chi connectivity index (χ2v) is 8.96. The van der Waals surface area contributed by atoms with Gasteiger partial charge in [-0.2, -0.15) is 0 Å². The normalized spacial score (nSPS) is 18.5. The van der Waals surface area contributed by atoms with Crippen molar-refractivity contribution >= 4 is 34.3 Å². The van der Waals surface area contributed by atoms with Gasteiger partial charge in [-0.05, 0) is 30.8 Å². The molecular formula is C22H17F3N3O3S-. The minimum Gasteiger partial charge on any atom is -0.545 e. The van der Waals surface area contributed by atoms with Gasteiger partial charge < -0.3 is 24.3 Å². The van der Waals surface area contributed by atoms with Gasteiger partial charge in [0.05, 0.1) is 27.5 Å². The number of thioether (sulfide) groups is 1. The third kappa shape index (κ3) is 3.08. The highest BCUT2D eigenvalue weighted by atomic mass is 32.2. The van der Waals surface area contributed by atoms with Crippen LogP contribution in [0.5, 0.6) is 0 Å². The number of carboxylic acids is 1. The van der Waals surface area contributed by atoms with Crippen molar-refractivity contribution in [3.63, 3.8) is 0 Å². The van der Waals surface area contributed by atoms with Crippen molar-refractivity contribution in [3.8, 4) is 0 Å². The number of hydrogen-bond acceptors (Lipinski definition) is 6. The number of carbonyl (C=O) groups excluding carboxylic acids is 1. The van der Waals surface area contributed by atoms with Crippen LogP contribution in [0.4, 0.5) is 18.9 Å². The Labute approximate surface area is 184 Å². The topological polar surface area (TPSA) is 68.6 Å². The lowest BCUT2D eigenvalue weighted by Crippen LogP contribution is -2.45. The number of piperazine rings is 1. The molecule has 5 rings (SSSR count). The van der Waals surface area contributed by atoms with Crippen LogP contribution in [0.2, 0.25) is 0 Å². The summed E-state index contributed by atoms with van der Waals surface area (Å²) in [6.07, 6.45) is 0. The summed E-state index contributed by atoms with van der Waals surface area (Å²) in [6, 6.07) is 6.38. The minimum atomic E-state index is -1.71. The molecule has 1 atom stereocenters. The molecule has 1 fully saturated rings. The summed E-state index contributed by atoms with van der Waals surface area (Å²) >= 11 is 1.04. The quantitative estimate of drug-likeness (QED) is 0.597. The highest BCUT2D eigenvalue weighted by molar-refractivity contribution is 8.00. The van der Waals surface area contributed by atoms with Gasteiger partial charge in [-0.25, -0.2) is 13.2 Å². The number of carbonyl (C=O) groups is 1. The molecule has 0 saturated carbocycles. The fraction of sp³-hybridized carbons (Fsp3) is 0.273. The smallest absolute Gasteiger partial charge is 0.199 e. The van der Waals surface area contributed by atoms with E-state index in [9.17, 15) is 19.1 Å². The van der Waals surface area contributed by atoms with Gasteiger partial charge in [-0.3, -0.25) is 4.79 Å². The number of fused-ring (bicyclic) bond motifs is 3. The van der Waals surface area contributed by atoms with Crippen LogP contribution in [0.15, 0.2) is 40.2 Å². The molecule has 0 bridgehead atoms. The maximum Gasteiger partial charge on any atom is 0.199 e. The fourth-order valence-electron chi connectivity index (χ4n) is 4.25. The summed E-state index contributed by atoms with van der Waals surface area (Å²) in [5.41, 5.74) is -1.44. The average Bonchev–Trinajstić information content (AvgIpc) is 2.73. The molecule has 1 aromatic heterocycles. The van der Waals surface area contributed by atoms with Crippen molar-refractivity contribution < 1.29 is 23.1 Å². The molecular weight excluding hydrogens is 443 g/mol. The first-order valence-electron chi connectivity index (χ1n) is 9.95. The van der Waals surface area contributed by atoms with Crippen molar-refractivity contribution in [2.45, 2.75) is 10.4 Å². The molecule has 32 heavy (non-hydrogen) atoms. The molecule has 0 radical (unpaired) electrons. The number of nitrogens with zero attached hydrogens (tertiary/aromatic N) is 3. The molecule has 0 N–H and O–H groups in total. The number of aromatic carboxylic acids is 1.